The zero-order valence-corrected chi connectivity index (χ0v) is 13.0. The molecule has 0 aliphatic rings. The number of alkyl halides is 9. The molecule has 0 saturated carbocycles. The zero-order chi connectivity index (χ0) is 17.4. The van der Waals surface area contributed by atoms with Crippen molar-refractivity contribution < 1.29 is 39.5 Å². The van der Waals surface area contributed by atoms with Gasteiger partial charge in [0.1, 0.15) is 0 Å². The van der Waals surface area contributed by atoms with Gasteiger partial charge in [-0.3, -0.25) is 0 Å². The number of rotatable bonds is 9. The van der Waals surface area contributed by atoms with Crippen LogP contribution in [-0.4, -0.2) is 27.3 Å². The minimum Gasteiger partial charge on any atom is -0.171 e. The fraction of sp³-hybridized carbons (Fsp3) is 1.00. The summed E-state index contributed by atoms with van der Waals surface area (Å²) in [4.78, 5) is 0. The quantitative estimate of drug-likeness (QED) is 0.336. The summed E-state index contributed by atoms with van der Waals surface area (Å²) in [6.07, 6.45) is -16.7. The Morgan fingerprint density at radius 3 is 0.864 bits per heavy atom. The maximum atomic E-state index is 12.0. The van der Waals surface area contributed by atoms with E-state index in [1.807, 2.05) is 0 Å². The first kappa shape index (κ1) is 21.6. The van der Waals surface area contributed by atoms with Crippen LogP contribution < -0.4 is 0 Å². The van der Waals surface area contributed by atoms with Crippen LogP contribution >= 0.6 is 0 Å². The molecule has 0 radical (unpaired) electrons. The van der Waals surface area contributed by atoms with Gasteiger partial charge in [0.25, 0.3) is 0 Å². The van der Waals surface area contributed by atoms with Crippen molar-refractivity contribution in [2.45, 2.75) is 75.2 Å². The van der Waals surface area contributed by atoms with E-state index >= 15 is 0 Å². The van der Waals surface area contributed by atoms with Gasteiger partial charge in [-0.25, -0.2) is 0 Å². The normalized spacial score (nSPS) is 13.9. The maximum Gasteiger partial charge on any atom is 0.389 e. The SMILES string of the molecule is FC(F)(F)CCC[SiH](CCCC(F)(F)F)CCCC(F)(F)F. The van der Waals surface area contributed by atoms with Crippen molar-refractivity contribution in [3.63, 3.8) is 0 Å². The molecule has 22 heavy (non-hydrogen) atoms. The summed E-state index contributed by atoms with van der Waals surface area (Å²) in [5, 5.41) is 0. The van der Waals surface area contributed by atoms with Crippen molar-refractivity contribution in [2.24, 2.45) is 0 Å². The summed E-state index contributed by atoms with van der Waals surface area (Å²) < 4.78 is 108. The second-order valence-electron chi connectivity index (χ2n) is 5.39. The summed E-state index contributed by atoms with van der Waals surface area (Å²) in [7, 11) is -2.00. The molecule has 0 bridgehead atoms. The van der Waals surface area contributed by atoms with Crippen molar-refractivity contribution in [1.29, 1.82) is 0 Å². The highest BCUT2D eigenvalue weighted by Gasteiger charge is 2.30. The molecule has 0 aromatic rings. The van der Waals surface area contributed by atoms with E-state index in [4.69, 9.17) is 0 Å². The van der Waals surface area contributed by atoms with Crippen LogP contribution in [-0.2, 0) is 0 Å². The third kappa shape index (κ3) is 16.0. The minimum atomic E-state index is -4.34. The molecular weight excluding hydrogens is 343 g/mol. The van der Waals surface area contributed by atoms with Gasteiger partial charge in [0.05, 0.1) is 0 Å². The molecular formula is C12H19F9Si. The van der Waals surface area contributed by atoms with Gasteiger partial charge in [0.2, 0.25) is 0 Å². The van der Waals surface area contributed by atoms with E-state index in [0.717, 1.165) is 0 Å². The Kier molecular flexibility index (Phi) is 8.85. The fourth-order valence-corrected chi connectivity index (χ4v) is 5.42. The lowest BCUT2D eigenvalue weighted by molar-refractivity contribution is -0.135. The molecule has 10 heteroatoms. The summed E-state index contributed by atoms with van der Waals surface area (Å²) in [6, 6.07) is 0.402. The topological polar surface area (TPSA) is 0 Å². The first-order valence-corrected chi connectivity index (χ1v) is 9.44. The maximum absolute atomic E-state index is 12.0. The Labute approximate surface area is 124 Å². The van der Waals surface area contributed by atoms with E-state index in [1.165, 1.54) is 0 Å². The van der Waals surface area contributed by atoms with Crippen molar-refractivity contribution in [1.82, 2.24) is 0 Å². The van der Waals surface area contributed by atoms with Gasteiger partial charge in [0, 0.05) is 28.1 Å². The molecule has 0 aromatic heterocycles. The third-order valence-corrected chi connectivity index (χ3v) is 6.89. The first-order valence-electron chi connectivity index (χ1n) is 6.99. The summed E-state index contributed by atoms with van der Waals surface area (Å²) in [6.45, 7) is 0. The van der Waals surface area contributed by atoms with Crippen LogP contribution in [0.3, 0.4) is 0 Å². The predicted molar refractivity (Wildman–Crippen MR) is 67.4 cm³/mol. The molecule has 0 aliphatic carbocycles. The van der Waals surface area contributed by atoms with Gasteiger partial charge in [-0.1, -0.05) is 18.1 Å². The highest BCUT2D eigenvalue weighted by Crippen LogP contribution is 2.29. The lowest BCUT2D eigenvalue weighted by Crippen LogP contribution is -2.17. The zero-order valence-electron chi connectivity index (χ0n) is 11.8. The molecule has 0 rings (SSSR count). The van der Waals surface area contributed by atoms with E-state index in [2.05, 4.69) is 0 Å². The largest absolute Gasteiger partial charge is 0.389 e. The summed E-state index contributed by atoms with van der Waals surface area (Å²) in [5.41, 5.74) is 0. The molecule has 0 aromatic carbocycles. The van der Waals surface area contributed by atoms with Crippen LogP contribution in [0.5, 0.6) is 0 Å². The highest BCUT2D eigenvalue weighted by atomic mass is 28.3. The lowest BCUT2D eigenvalue weighted by atomic mass is 10.3. The van der Waals surface area contributed by atoms with E-state index in [1.54, 1.807) is 0 Å². The third-order valence-electron chi connectivity index (χ3n) is 3.22. The van der Waals surface area contributed by atoms with Crippen LogP contribution in [0, 0.1) is 0 Å². The van der Waals surface area contributed by atoms with E-state index in [0.29, 0.717) is 0 Å². The molecule has 0 unspecified atom stereocenters. The van der Waals surface area contributed by atoms with E-state index in [9.17, 15) is 39.5 Å². The molecule has 0 heterocycles. The van der Waals surface area contributed by atoms with Crippen molar-refractivity contribution in [3.05, 3.63) is 0 Å². The van der Waals surface area contributed by atoms with Gasteiger partial charge < -0.3 is 0 Å². The van der Waals surface area contributed by atoms with E-state index in [-0.39, 0.29) is 37.4 Å². The fourth-order valence-electron chi connectivity index (χ4n) is 2.21. The number of halogens is 9. The van der Waals surface area contributed by atoms with Crippen LogP contribution in [0.4, 0.5) is 39.5 Å². The van der Waals surface area contributed by atoms with Gasteiger partial charge in [0.15, 0.2) is 0 Å². The lowest BCUT2D eigenvalue weighted by Gasteiger charge is -2.17. The Balaban J connectivity index is 4.19. The monoisotopic (exact) mass is 362 g/mol. The molecule has 0 fully saturated rings. The molecule has 134 valence electrons. The molecule has 0 atom stereocenters. The molecule has 0 nitrogen and oxygen atoms in total. The molecule has 0 spiro atoms. The Morgan fingerprint density at radius 1 is 0.455 bits per heavy atom. The van der Waals surface area contributed by atoms with Gasteiger partial charge in [-0.15, -0.1) is 0 Å². The van der Waals surface area contributed by atoms with Crippen molar-refractivity contribution >= 4 is 8.80 Å². The smallest absolute Gasteiger partial charge is 0.171 e. The Morgan fingerprint density at radius 2 is 0.682 bits per heavy atom. The van der Waals surface area contributed by atoms with Gasteiger partial charge in [-0.2, -0.15) is 39.5 Å². The first-order chi connectivity index (χ1) is 9.79. The van der Waals surface area contributed by atoms with Crippen LogP contribution in [0.15, 0.2) is 0 Å². The van der Waals surface area contributed by atoms with Gasteiger partial charge in [-0.05, 0) is 19.3 Å². The van der Waals surface area contributed by atoms with Crippen LogP contribution in [0.25, 0.3) is 0 Å². The summed E-state index contributed by atoms with van der Waals surface area (Å²) >= 11 is 0. The number of hydrogen-bond donors (Lipinski definition) is 0. The van der Waals surface area contributed by atoms with Crippen LogP contribution in [0.1, 0.15) is 38.5 Å². The standard InChI is InChI=1S/C12H19F9Si/c13-10(14,15)4-1-7-22(8-2-5-11(16,17)18)9-3-6-12(19,20)21/h22H,1-9H2. The summed E-state index contributed by atoms with van der Waals surface area (Å²) in [5.74, 6) is 0. The predicted octanol–water partition coefficient (Wildman–Crippen LogP) is 6.24. The average Bonchev–Trinajstić information content (AvgIpc) is 2.23. The average molecular weight is 362 g/mol. The van der Waals surface area contributed by atoms with E-state index < -0.39 is 46.6 Å². The van der Waals surface area contributed by atoms with Gasteiger partial charge >= 0.3 is 18.5 Å². The second-order valence-corrected chi connectivity index (χ2v) is 8.85. The van der Waals surface area contributed by atoms with Crippen molar-refractivity contribution in [3.8, 4) is 0 Å². The van der Waals surface area contributed by atoms with Crippen molar-refractivity contribution in [2.75, 3.05) is 0 Å². The Bertz CT molecular complexity index is 245. The molecule has 0 N–H and O–H groups in total. The molecule has 0 aliphatic heterocycles. The van der Waals surface area contributed by atoms with Crippen LogP contribution in [0.2, 0.25) is 18.1 Å². The highest BCUT2D eigenvalue weighted by molar-refractivity contribution is 6.58. The molecule has 0 saturated heterocycles. The second kappa shape index (κ2) is 9.02. The molecule has 0 amide bonds. The number of hydrogen-bond acceptors (Lipinski definition) is 0. The Hall–Kier alpha value is -0.413. The minimum absolute atomic E-state index is 0.134.